The fourth-order valence-electron chi connectivity index (χ4n) is 2.67. The van der Waals surface area contributed by atoms with E-state index in [0.717, 1.165) is 0 Å². The number of nitrogens with zero attached hydrogens (tertiary/aromatic N) is 1. The van der Waals surface area contributed by atoms with Gasteiger partial charge in [-0.05, 0) is 18.2 Å². The van der Waals surface area contributed by atoms with E-state index >= 15 is 0 Å². The lowest BCUT2D eigenvalue weighted by atomic mass is 10.1. The zero-order valence-electron chi connectivity index (χ0n) is 11.2. The summed E-state index contributed by atoms with van der Waals surface area (Å²) in [6.45, 7) is 1.80. The second-order valence-corrected chi connectivity index (χ2v) is 7.84. The Bertz CT molecular complexity index is 634. The molecule has 2 fully saturated rings. The van der Waals surface area contributed by atoms with Crippen molar-refractivity contribution >= 4 is 33.2 Å². The summed E-state index contributed by atoms with van der Waals surface area (Å²) >= 11 is 11.9. The standard InChI is InChI=1S/C13H15Cl2NO4S/c14-10-1-2-11(15)12(9-10)21(17,18)16-5-3-13(4-6-16)19-7-8-20-13/h1-2,9H,3-8H2. The number of hydrogen-bond acceptors (Lipinski definition) is 4. The van der Waals surface area contributed by atoms with Gasteiger partial charge in [0.15, 0.2) is 5.79 Å². The van der Waals surface area contributed by atoms with Gasteiger partial charge in [0.1, 0.15) is 4.90 Å². The molecule has 0 bridgehead atoms. The summed E-state index contributed by atoms with van der Waals surface area (Å²) < 4.78 is 37.9. The number of piperidine rings is 1. The van der Waals surface area contributed by atoms with E-state index < -0.39 is 15.8 Å². The number of sulfonamides is 1. The third kappa shape index (κ3) is 2.93. The van der Waals surface area contributed by atoms with Gasteiger partial charge in [-0.25, -0.2) is 8.42 Å². The van der Waals surface area contributed by atoms with Crippen LogP contribution < -0.4 is 0 Å². The summed E-state index contributed by atoms with van der Waals surface area (Å²) in [6, 6.07) is 4.44. The van der Waals surface area contributed by atoms with Crippen molar-refractivity contribution in [2.75, 3.05) is 26.3 Å². The van der Waals surface area contributed by atoms with Gasteiger partial charge in [-0.3, -0.25) is 0 Å². The molecule has 1 aromatic rings. The van der Waals surface area contributed by atoms with Gasteiger partial charge >= 0.3 is 0 Å². The zero-order chi connectivity index (χ0) is 15.1. The Kier molecular flexibility index (Phi) is 4.20. The number of rotatable bonds is 2. The smallest absolute Gasteiger partial charge is 0.244 e. The molecular formula is C13H15Cl2NO4S. The van der Waals surface area contributed by atoms with E-state index in [1.54, 1.807) is 6.07 Å². The molecular weight excluding hydrogens is 337 g/mol. The maximum atomic E-state index is 12.7. The van der Waals surface area contributed by atoms with Crippen LogP contribution in [-0.2, 0) is 19.5 Å². The average molecular weight is 352 g/mol. The molecule has 0 radical (unpaired) electrons. The Morgan fingerprint density at radius 1 is 1.10 bits per heavy atom. The van der Waals surface area contributed by atoms with E-state index in [4.69, 9.17) is 32.7 Å². The first-order chi connectivity index (χ1) is 9.93. The third-order valence-electron chi connectivity index (χ3n) is 3.81. The summed E-state index contributed by atoms with van der Waals surface area (Å²) in [5, 5.41) is 0.516. The van der Waals surface area contributed by atoms with Crippen LogP contribution in [0.2, 0.25) is 10.0 Å². The topological polar surface area (TPSA) is 55.8 Å². The summed E-state index contributed by atoms with van der Waals surface area (Å²) in [5.41, 5.74) is 0. The van der Waals surface area contributed by atoms with E-state index in [1.165, 1.54) is 16.4 Å². The lowest BCUT2D eigenvalue weighted by molar-refractivity contribution is -0.179. The van der Waals surface area contributed by atoms with Crippen molar-refractivity contribution in [2.24, 2.45) is 0 Å². The summed E-state index contributed by atoms with van der Waals surface area (Å²) in [5.74, 6) is -0.607. The second-order valence-electron chi connectivity index (χ2n) is 5.09. The number of ether oxygens (including phenoxy) is 2. The van der Waals surface area contributed by atoms with Crippen LogP contribution in [0.25, 0.3) is 0 Å². The molecule has 0 atom stereocenters. The van der Waals surface area contributed by atoms with E-state index in [9.17, 15) is 8.42 Å². The Morgan fingerprint density at radius 2 is 1.71 bits per heavy atom. The second kappa shape index (κ2) is 5.68. The summed E-state index contributed by atoms with van der Waals surface area (Å²) in [4.78, 5) is 0.0425. The monoisotopic (exact) mass is 351 g/mol. The minimum atomic E-state index is -3.66. The lowest BCUT2D eigenvalue weighted by Gasteiger charge is -2.36. The molecule has 5 nitrogen and oxygen atoms in total. The fourth-order valence-corrected chi connectivity index (χ4v) is 4.85. The molecule has 2 saturated heterocycles. The number of hydrogen-bond donors (Lipinski definition) is 0. The van der Waals surface area contributed by atoms with Crippen LogP contribution in [0.1, 0.15) is 12.8 Å². The van der Waals surface area contributed by atoms with Crippen molar-refractivity contribution < 1.29 is 17.9 Å². The molecule has 0 unspecified atom stereocenters. The van der Waals surface area contributed by atoms with Gasteiger partial charge in [0.05, 0.1) is 18.2 Å². The average Bonchev–Trinajstić information content (AvgIpc) is 2.90. The van der Waals surface area contributed by atoms with Gasteiger partial charge in [0.2, 0.25) is 10.0 Å². The first-order valence-corrected chi connectivity index (χ1v) is 8.86. The highest BCUT2D eigenvalue weighted by Gasteiger charge is 2.43. The van der Waals surface area contributed by atoms with Crippen LogP contribution in [0.3, 0.4) is 0 Å². The largest absolute Gasteiger partial charge is 0.347 e. The third-order valence-corrected chi connectivity index (χ3v) is 6.42. The molecule has 0 N–H and O–H groups in total. The Morgan fingerprint density at radius 3 is 2.33 bits per heavy atom. The molecule has 2 aliphatic heterocycles. The van der Waals surface area contributed by atoms with Crippen LogP contribution in [0, 0.1) is 0 Å². The van der Waals surface area contributed by atoms with E-state index in [-0.39, 0.29) is 9.92 Å². The summed E-state index contributed by atoms with van der Waals surface area (Å²) in [7, 11) is -3.66. The van der Waals surface area contributed by atoms with E-state index in [0.29, 0.717) is 44.2 Å². The normalized spacial score (nSPS) is 22.8. The van der Waals surface area contributed by atoms with Gasteiger partial charge in [0.25, 0.3) is 0 Å². The highest BCUT2D eigenvalue weighted by molar-refractivity contribution is 7.89. The van der Waals surface area contributed by atoms with Gasteiger partial charge in [-0.1, -0.05) is 23.2 Å². The van der Waals surface area contributed by atoms with E-state index in [1.807, 2.05) is 0 Å². The van der Waals surface area contributed by atoms with Crippen LogP contribution in [0.4, 0.5) is 0 Å². The maximum absolute atomic E-state index is 12.7. The molecule has 116 valence electrons. The molecule has 2 heterocycles. The van der Waals surface area contributed by atoms with Crippen molar-refractivity contribution in [1.82, 2.24) is 4.31 Å². The van der Waals surface area contributed by atoms with Crippen molar-refractivity contribution in [1.29, 1.82) is 0 Å². The van der Waals surface area contributed by atoms with Crippen molar-refractivity contribution in [2.45, 2.75) is 23.5 Å². The molecule has 0 saturated carbocycles. The van der Waals surface area contributed by atoms with Gasteiger partial charge in [-0.15, -0.1) is 0 Å². The molecule has 21 heavy (non-hydrogen) atoms. The van der Waals surface area contributed by atoms with Crippen LogP contribution in [-0.4, -0.2) is 44.8 Å². The zero-order valence-corrected chi connectivity index (χ0v) is 13.5. The Hall–Kier alpha value is -0.370. The van der Waals surface area contributed by atoms with Crippen LogP contribution in [0.5, 0.6) is 0 Å². The molecule has 1 aromatic carbocycles. The van der Waals surface area contributed by atoms with Crippen molar-refractivity contribution in [3.63, 3.8) is 0 Å². The Balaban J connectivity index is 1.82. The SMILES string of the molecule is O=S(=O)(c1cc(Cl)ccc1Cl)N1CCC2(CC1)OCCO2. The van der Waals surface area contributed by atoms with Crippen LogP contribution >= 0.6 is 23.2 Å². The molecule has 8 heteroatoms. The number of halogens is 2. The van der Waals surface area contributed by atoms with Crippen molar-refractivity contribution in [3.8, 4) is 0 Å². The Labute approximate surface area is 133 Å². The van der Waals surface area contributed by atoms with Gasteiger partial charge in [-0.2, -0.15) is 4.31 Å². The number of benzene rings is 1. The molecule has 1 spiro atoms. The predicted octanol–water partition coefficient (Wildman–Crippen LogP) is 2.52. The minimum absolute atomic E-state index is 0.0425. The molecule has 0 amide bonds. The lowest BCUT2D eigenvalue weighted by Crippen LogP contribution is -2.47. The van der Waals surface area contributed by atoms with Crippen LogP contribution in [0.15, 0.2) is 23.1 Å². The highest BCUT2D eigenvalue weighted by Crippen LogP contribution is 2.35. The first kappa shape index (κ1) is 15.5. The van der Waals surface area contributed by atoms with E-state index in [2.05, 4.69) is 0 Å². The molecule has 0 aliphatic carbocycles. The summed E-state index contributed by atoms with van der Waals surface area (Å²) in [6.07, 6.45) is 1.04. The molecule has 0 aromatic heterocycles. The quantitative estimate of drug-likeness (QED) is 0.821. The first-order valence-electron chi connectivity index (χ1n) is 6.66. The molecule has 3 rings (SSSR count). The predicted molar refractivity (Wildman–Crippen MR) is 79.1 cm³/mol. The van der Waals surface area contributed by atoms with Gasteiger partial charge < -0.3 is 9.47 Å². The molecule has 2 aliphatic rings. The maximum Gasteiger partial charge on any atom is 0.244 e. The fraction of sp³-hybridized carbons (Fsp3) is 0.538. The van der Waals surface area contributed by atoms with Gasteiger partial charge in [0, 0.05) is 31.0 Å². The minimum Gasteiger partial charge on any atom is -0.347 e. The van der Waals surface area contributed by atoms with Crippen molar-refractivity contribution in [3.05, 3.63) is 28.2 Å². The highest BCUT2D eigenvalue weighted by atomic mass is 35.5.